The zero-order chi connectivity index (χ0) is 17.8. The maximum absolute atomic E-state index is 12.2. The van der Waals surface area contributed by atoms with E-state index in [-0.39, 0.29) is 23.7 Å². The van der Waals surface area contributed by atoms with E-state index >= 15 is 0 Å². The minimum atomic E-state index is -0.192. The highest BCUT2D eigenvalue weighted by molar-refractivity contribution is 5.92. The predicted octanol–water partition coefficient (Wildman–Crippen LogP) is 2.87. The van der Waals surface area contributed by atoms with Crippen molar-refractivity contribution in [1.82, 2.24) is 10.6 Å². The summed E-state index contributed by atoms with van der Waals surface area (Å²) in [6, 6.07) is 16.1. The van der Waals surface area contributed by atoms with Gasteiger partial charge in [0.15, 0.2) is 0 Å². The Labute approximate surface area is 148 Å². The van der Waals surface area contributed by atoms with Crippen LogP contribution in [-0.2, 0) is 22.7 Å². The third-order valence-corrected chi connectivity index (χ3v) is 4.60. The molecule has 0 radical (unpaired) electrons. The monoisotopic (exact) mass is 336 g/mol. The molecule has 1 saturated carbocycles. The molecule has 1 aliphatic rings. The van der Waals surface area contributed by atoms with Gasteiger partial charge >= 0.3 is 0 Å². The van der Waals surface area contributed by atoms with Crippen molar-refractivity contribution in [2.75, 3.05) is 0 Å². The molecule has 0 heterocycles. The van der Waals surface area contributed by atoms with Gasteiger partial charge in [0.25, 0.3) is 0 Å². The summed E-state index contributed by atoms with van der Waals surface area (Å²) in [5, 5.41) is 5.86. The fourth-order valence-corrected chi connectivity index (χ4v) is 2.94. The third-order valence-electron chi connectivity index (χ3n) is 4.60. The summed E-state index contributed by atoms with van der Waals surface area (Å²) >= 11 is 0. The quantitative estimate of drug-likeness (QED) is 0.852. The first-order chi connectivity index (χ1) is 12.0. The minimum absolute atomic E-state index is 0.0306. The molecule has 2 aromatic rings. The second kappa shape index (κ2) is 7.51. The maximum Gasteiger partial charge on any atom is 0.224 e. The topological polar surface area (TPSA) is 58.2 Å². The number of carbonyl (C=O) groups is 2. The molecule has 2 unspecified atom stereocenters. The Balaban J connectivity index is 1.42. The summed E-state index contributed by atoms with van der Waals surface area (Å²) in [4.78, 5) is 24.4. The van der Waals surface area contributed by atoms with Gasteiger partial charge in [-0.1, -0.05) is 59.7 Å². The summed E-state index contributed by atoms with van der Waals surface area (Å²) in [7, 11) is 0. The maximum atomic E-state index is 12.2. The molecule has 3 rings (SSSR count). The second-order valence-electron chi connectivity index (χ2n) is 6.86. The van der Waals surface area contributed by atoms with E-state index < -0.39 is 0 Å². The summed E-state index contributed by atoms with van der Waals surface area (Å²) in [6.45, 7) is 5.08. The zero-order valence-electron chi connectivity index (χ0n) is 14.7. The van der Waals surface area contributed by atoms with Gasteiger partial charge in [-0.05, 0) is 31.4 Å². The molecule has 25 heavy (non-hydrogen) atoms. The fourth-order valence-electron chi connectivity index (χ4n) is 2.94. The molecule has 0 aliphatic heterocycles. The Morgan fingerprint density at radius 1 is 0.840 bits per heavy atom. The number of hydrogen-bond acceptors (Lipinski definition) is 2. The van der Waals surface area contributed by atoms with Crippen LogP contribution in [0.15, 0.2) is 48.5 Å². The van der Waals surface area contributed by atoms with E-state index in [0.717, 1.165) is 11.1 Å². The van der Waals surface area contributed by atoms with Gasteiger partial charge < -0.3 is 10.6 Å². The van der Waals surface area contributed by atoms with Crippen LogP contribution >= 0.6 is 0 Å². The van der Waals surface area contributed by atoms with Gasteiger partial charge in [0.1, 0.15) is 0 Å². The van der Waals surface area contributed by atoms with Gasteiger partial charge in [-0.2, -0.15) is 0 Å². The van der Waals surface area contributed by atoms with Crippen LogP contribution in [0.2, 0.25) is 0 Å². The Hall–Kier alpha value is -2.62. The van der Waals surface area contributed by atoms with E-state index in [1.54, 1.807) is 0 Å². The van der Waals surface area contributed by atoms with Crippen LogP contribution in [0.4, 0.5) is 0 Å². The van der Waals surface area contributed by atoms with Crippen molar-refractivity contribution < 1.29 is 9.59 Å². The fraction of sp³-hybridized carbons (Fsp3) is 0.333. The first kappa shape index (κ1) is 17.2. The molecule has 4 heteroatoms. The summed E-state index contributed by atoms with van der Waals surface area (Å²) in [5.41, 5.74) is 4.52. The van der Waals surface area contributed by atoms with E-state index in [1.807, 2.05) is 56.3 Å². The summed E-state index contributed by atoms with van der Waals surface area (Å²) < 4.78 is 0. The Kier molecular flexibility index (Phi) is 5.17. The normalized spacial score (nSPS) is 18.5. The van der Waals surface area contributed by atoms with Crippen molar-refractivity contribution >= 4 is 11.8 Å². The zero-order valence-corrected chi connectivity index (χ0v) is 14.7. The van der Waals surface area contributed by atoms with Crippen molar-refractivity contribution in [3.05, 3.63) is 70.8 Å². The van der Waals surface area contributed by atoms with Crippen LogP contribution in [-0.4, -0.2) is 11.8 Å². The molecule has 1 fully saturated rings. The molecule has 0 bridgehead atoms. The van der Waals surface area contributed by atoms with E-state index in [2.05, 4.69) is 16.7 Å². The van der Waals surface area contributed by atoms with Gasteiger partial charge in [-0.15, -0.1) is 0 Å². The van der Waals surface area contributed by atoms with Crippen molar-refractivity contribution in [1.29, 1.82) is 0 Å². The molecule has 2 atom stereocenters. The van der Waals surface area contributed by atoms with Crippen LogP contribution < -0.4 is 10.6 Å². The lowest BCUT2D eigenvalue weighted by molar-refractivity contribution is -0.127. The average molecular weight is 336 g/mol. The molecule has 0 aromatic heterocycles. The standard InChI is InChI=1S/C21H24N2O2/c1-14-6-8-16(9-7-14)12-22-20(24)18-11-19(18)21(25)23-13-17-5-3-4-15(2)10-17/h3-10,18-19H,11-13H2,1-2H3,(H,22,24)(H,23,25). The smallest absolute Gasteiger partial charge is 0.224 e. The van der Waals surface area contributed by atoms with Crippen molar-refractivity contribution in [3.8, 4) is 0 Å². The molecule has 2 aromatic carbocycles. The lowest BCUT2D eigenvalue weighted by Gasteiger charge is -2.07. The number of carbonyl (C=O) groups excluding carboxylic acids is 2. The van der Waals surface area contributed by atoms with Gasteiger partial charge in [0, 0.05) is 13.1 Å². The summed E-state index contributed by atoms with van der Waals surface area (Å²) in [6.07, 6.45) is 0.638. The number of hydrogen-bond donors (Lipinski definition) is 2. The molecule has 2 N–H and O–H groups in total. The lowest BCUT2D eigenvalue weighted by Crippen LogP contribution is -2.29. The number of nitrogens with one attached hydrogen (secondary N) is 2. The highest BCUT2D eigenvalue weighted by Crippen LogP contribution is 2.38. The second-order valence-corrected chi connectivity index (χ2v) is 6.86. The van der Waals surface area contributed by atoms with Crippen LogP contribution in [0.3, 0.4) is 0 Å². The van der Waals surface area contributed by atoms with Gasteiger partial charge in [0.05, 0.1) is 11.8 Å². The molecule has 0 saturated heterocycles. The van der Waals surface area contributed by atoms with E-state index in [0.29, 0.717) is 19.5 Å². The van der Waals surface area contributed by atoms with Crippen molar-refractivity contribution in [3.63, 3.8) is 0 Å². The Morgan fingerprint density at radius 3 is 2.04 bits per heavy atom. The van der Waals surface area contributed by atoms with Crippen LogP contribution in [0.5, 0.6) is 0 Å². The van der Waals surface area contributed by atoms with Gasteiger partial charge in [0.2, 0.25) is 11.8 Å². The highest BCUT2D eigenvalue weighted by atomic mass is 16.2. The largest absolute Gasteiger partial charge is 0.352 e. The van der Waals surface area contributed by atoms with Crippen LogP contribution in [0.1, 0.15) is 28.7 Å². The Bertz CT molecular complexity index is 768. The number of aryl methyl sites for hydroxylation is 2. The first-order valence-electron chi connectivity index (χ1n) is 8.69. The third kappa shape index (κ3) is 4.69. The molecule has 1 aliphatic carbocycles. The molecule has 130 valence electrons. The molecule has 2 amide bonds. The molecule has 0 spiro atoms. The van der Waals surface area contributed by atoms with E-state index in [1.165, 1.54) is 11.1 Å². The number of rotatable bonds is 6. The average Bonchev–Trinajstić information content (AvgIpc) is 3.40. The van der Waals surface area contributed by atoms with Gasteiger partial charge in [-0.25, -0.2) is 0 Å². The van der Waals surface area contributed by atoms with E-state index in [9.17, 15) is 9.59 Å². The van der Waals surface area contributed by atoms with Gasteiger partial charge in [-0.3, -0.25) is 9.59 Å². The SMILES string of the molecule is Cc1ccc(CNC(=O)C2CC2C(=O)NCc2cccc(C)c2)cc1. The molecular weight excluding hydrogens is 312 g/mol. The summed E-state index contributed by atoms with van der Waals surface area (Å²) in [5.74, 6) is -0.445. The Morgan fingerprint density at radius 2 is 1.44 bits per heavy atom. The van der Waals surface area contributed by atoms with Crippen LogP contribution in [0, 0.1) is 25.7 Å². The minimum Gasteiger partial charge on any atom is -0.352 e. The molecular formula is C21H24N2O2. The van der Waals surface area contributed by atoms with Crippen molar-refractivity contribution in [2.45, 2.75) is 33.4 Å². The predicted molar refractivity (Wildman–Crippen MR) is 97.6 cm³/mol. The highest BCUT2D eigenvalue weighted by Gasteiger charge is 2.47. The van der Waals surface area contributed by atoms with Crippen molar-refractivity contribution in [2.24, 2.45) is 11.8 Å². The number of benzene rings is 2. The van der Waals surface area contributed by atoms with Crippen LogP contribution in [0.25, 0.3) is 0 Å². The first-order valence-corrected chi connectivity index (χ1v) is 8.69. The van der Waals surface area contributed by atoms with E-state index in [4.69, 9.17) is 0 Å². The molecule has 4 nitrogen and oxygen atoms in total. The lowest BCUT2D eigenvalue weighted by atomic mass is 10.1. The number of amides is 2.